The third kappa shape index (κ3) is 6.47. The minimum Gasteiger partial charge on any atom is -0.341 e. The van der Waals surface area contributed by atoms with Crippen LogP contribution in [0, 0.1) is 5.92 Å². The van der Waals surface area contributed by atoms with Crippen molar-refractivity contribution in [2.24, 2.45) is 5.92 Å². The maximum atomic E-state index is 13.9. The van der Waals surface area contributed by atoms with Crippen molar-refractivity contribution in [1.82, 2.24) is 10.2 Å². The summed E-state index contributed by atoms with van der Waals surface area (Å²) in [7, 11) is 2.10. The van der Waals surface area contributed by atoms with Gasteiger partial charge in [0.15, 0.2) is 6.04 Å². The third-order valence-electron chi connectivity index (χ3n) is 8.11. The van der Waals surface area contributed by atoms with Crippen LogP contribution in [0.1, 0.15) is 73.7 Å². The van der Waals surface area contributed by atoms with Crippen LogP contribution in [0.15, 0.2) is 84.9 Å². The van der Waals surface area contributed by atoms with Crippen molar-refractivity contribution in [2.45, 2.75) is 69.8 Å². The van der Waals surface area contributed by atoms with Crippen LogP contribution in [0.2, 0.25) is 0 Å². The van der Waals surface area contributed by atoms with E-state index in [0.29, 0.717) is 6.42 Å². The molecule has 1 N–H and O–H groups in total. The van der Waals surface area contributed by atoms with Crippen LogP contribution in [0.4, 0.5) is 13.2 Å². The van der Waals surface area contributed by atoms with Crippen molar-refractivity contribution in [3.8, 4) is 0 Å². The molecule has 38 heavy (non-hydrogen) atoms. The zero-order valence-corrected chi connectivity index (χ0v) is 22.3. The quantitative estimate of drug-likeness (QED) is 0.328. The van der Waals surface area contributed by atoms with E-state index < -0.39 is 24.0 Å². The van der Waals surface area contributed by atoms with Gasteiger partial charge < -0.3 is 5.32 Å². The lowest BCUT2D eigenvalue weighted by atomic mass is 9.74. The molecule has 6 heteroatoms. The Morgan fingerprint density at radius 3 is 2.08 bits per heavy atom. The first-order valence-electron chi connectivity index (χ1n) is 13.3. The molecule has 4 rings (SSSR count). The van der Waals surface area contributed by atoms with Gasteiger partial charge in [0.2, 0.25) is 5.91 Å². The highest BCUT2D eigenvalue weighted by Gasteiger charge is 2.43. The number of rotatable bonds is 8. The summed E-state index contributed by atoms with van der Waals surface area (Å²) < 4.78 is 41.6. The lowest BCUT2D eigenvalue weighted by Gasteiger charge is -2.36. The van der Waals surface area contributed by atoms with E-state index in [1.54, 1.807) is 18.2 Å². The minimum atomic E-state index is -4.57. The van der Waals surface area contributed by atoms with Gasteiger partial charge in [-0.15, -0.1) is 0 Å². The van der Waals surface area contributed by atoms with Crippen LogP contribution in [0.5, 0.6) is 0 Å². The molecule has 0 aliphatic heterocycles. The smallest absolute Gasteiger partial charge is 0.341 e. The van der Waals surface area contributed by atoms with Crippen LogP contribution >= 0.6 is 0 Å². The molecule has 3 atom stereocenters. The van der Waals surface area contributed by atoms with Gasteiger partial charge in [0.05, 0.1) is 0 Å². The molecule has 0 spiro atoms. The Labute approximate surface area is 224 Å². The fourth-order valence-corrected chi connectivity index (χ4v) is 5.50. The molecule has 1 saturated carbocycles. The van der Waals surface area contributed by atoms with Crippen molar-refractivity contribution in [3.63, 3.8) is 0 Å². The zero-order valence-electron chi connectivity index (χ0n) is 22.3. The number of hydrogen-bond acceptors (Lipinski definition) is 2. The largest absolute Gasteiger partial charge is 0.412 e. The summed E-state index contributed by atoms with van der Waals surface area (Å²) in [5, 5.41) is 2.34. The highest BCUT2D eigenvalue weighted by atomic mass is 19.4. The van der Waals surface area contributed by atoms with Crippen molar-refractivity contribution in [3.05, 3.63) is 107 Å². The Kier molecular flexibility index (Phi) is 8.61. The monoisotopic (exact) mass is 522 g/mol. The van der Waals surface area contributed by atoms with E-state index in [9.17, 15) is 18.0 Å². The van der Waals surface area contributed by atoms with Crippen molar-refractivity contribution < 1.29 is 18.0 Å². The van der Waals surface area contributed by atoms with E-state index in [0.717, 1.165) is 36.9 Å². The van der Waals surface area contributed by atoms with Gasteiger partial charge in [-0.25, -0.2) is 0 Å². The fourth-order valence-electron chi connectivity index (χ4n) is 5.50. The van der Waals surface area contributed by atoms with E-state index in [-0.39, 0.29) is 17.0 Å². The first-order chi connectivity index (χ1) is 18.1. The Morgan fingerprint density at radius 1 is 0.895 bits per heavy atom. The SMILES string of the molecule is CN(Cc1ccc([C@H]2CCCC[C@@H]2C(=O)NC(c2ccccc2)C(F)(F)F)cc1)C(C)(C)c1ccccc1. The van der Waals surface area contributed by atoms with E-state index in [1.165, 1.54) is 17.7 Å². The standard InChI is InChI=1S/C32H37F3N2O/c1-31(2,26-14-8-5-9-15-26)37(3)22-23-18-20-24(21-19-23)27-16-10-11-17-28(27)30(38)36-29(32(33,34)35)25-12-6-4-7-13-25/h4-9,12-15,18-21,27-29H,10-11,16-17,22H2,1-3H3,(H,36,38)/t27-,28+,29?/m1/s1. The molecule has 1 aliphatic rings. The molecular weight excluding hydrogens is 485 g/mol. The number of carbonyl (C=O) groups excluding carboxylic acids is 1. The first kappa shape index (κ1) is 27.9. The number of nitrogens with one attached hydrogen (secondary N) is 1. The number of alkyl halides is 3. The van der Waals surface area contributed by atoms with E-state index in [4.69, 9.17) is 0 Å². The summed E-state index contributed by atoms with van der Waals surface area (Å²) in [6.07, 6.45) is -1.38. The predicted octanol–water partition coefficient (Wildman–Crippen LogP) is 7.75. The second-order valence-electron chi connectivity index (χ2n) is 10.9. The Hall–Kier alpha value is -3.12. The molecule has 1 aliphatic carbocycles. The summed E-state index contributed by atoms with van der Waals surface area (Å²) in [6, 6.07) is 24.2. The first-order valence-corrected chi connectivity index (χ1v) is 13.3. The Morgan fingerprint density at radius 2 is 1.47 bits per heavy atom. The lowest BCUT2D eigenvalue weighted by Crippen LogP contribution is -2.43. The molecule has 0 saturated heterocycles. The van der Waals surface area contributed by atoms with Gasteiger partial charge >= 0.3 is 6.18 Å². The van der Waals surface area contributed by atoms with E-state index in [2.05, 4.69) is 55.4 Å². The summed E-state index contributed by atoms with van der Waals surface area (Å²) in [4.78, 5) is 15.6. The maximum absolute atomic E-state index is 13.9. The van der Waals surface area contributed by atoms with Gasteiger partial charge in [0, 0.05) is 18.0 Å². The number of hydrogen-bond donors (Lipinski definition) is 1. The van der Waals surface area contributed by atoms with Gasteiger partial charge in [-0.3, -0.25) is 9.69 Å². The molecule has 0 heterocycles. The molecule has 1 fully saturated rings. The number of carbonyl (C=O) groups is 1. The molecule has 3 aromatic carbocycles. The molecule has 1 unspecified atom stereocenters. The second-order valence-corrected chi connectivity index (χ2v) is 10.9. The summed E-state index contributed by atoms with van der Waals surface area (Å²) in [5.74, 6) is -1.10. The molecule has 3 nitrogen and oxygen atoms in total. The van der Waals surface area contributed by atoms with Crippen LogP contribution in [-0.2, 0) is 16.9 Å². The summed E-state index contributed by atoms with van der Waals surface area (Å²) >= 11 is 0. The highest BCUT2D eigenvalue weighted by Crippen LogP contribution is 2.40. The maximum Gasteiger partial charge on any atom is 0.412 e. The molecule has 0 bridgehead atoms. The predicted molar refractivity (Wildman–Crippen MR) is 145 cm³/mol. The van der Waals surface area contributed by atoms with Crippen LogP contribution in [0.3, 0.4) is 0 Å². The van der Waals surface area contributed by atoms with Gasteiger partial charge in [0.1, 0.15) is 0 Å². The average molecular weight is 523 g/mol. The highest BCUT2D eigenvalue weighted by molar-refractivity contribution is 5.80. The number of nitrogens with zero attached hydrogens (tertiary/aromatic N) is 1. The van der Waals surface area contributed by atoms with E-state index >= 15 is 0 Å². The van der Waals surface area contributed by atoms with Crippen molar-refractivity contribution in [1.29, 1.82) is 0 Å². The second kappa shape index (κ2) is 11.7. The van der Waals surface area contributed by atoms with Crippen LogP contribution in [-0.4, -0.2) is 24.0 Å². The average Bonchev–Trinajstić information content (AvgIpc) is 2.92. The van der Waals surface area contributed by atoms with Gasteiger partial charge in [0.25, 0.3) is 0 Å². The normalized spacial score (nSPS) is 19.2. The minimum absolute atomic E-state index is 0.0487. The lowest BCUT2D eigenvalue weighted by molar-refractivity contribution is -0.165. The van der Waals surface area contributed by atoms with Crippen molar-refractivity contribution in [2.75, 3.05) is 7.05 Å². The number of benzene rings is 3. The van der Waals surface area contributed by atoms with Gasteiger partial charge in [-0.2, -0.15) is 13.2 Å². The molecule has 0 radical (unpaired) electrons. The van der Waals surface area contributed by atoms with Gasteiger partial charge in [-0.05, 0) is 61.9 Å². The summed E-state index contributed by atoms with van der Waals surface area (Å²) in [5.41, 5.74) is 3.30. The molecule has 202 valence electrons. The third-order valence-corrected chi connectivity index (χ3v) is 8.11. The molecule has 0 aromatic heterocycles. The van der Waals surface area contributed by atoms with Crippen LogP contribution in [0.25, 0.3) is 0 Å². The Bertz CT molecular complexity index is 1180. The molecule has 1 amide bonds. The number of halogens is 3. The molecule has 3 aromatic rings. The van der Waals surface area contributed by atoms with E-state index in [1.807, 2.05) is 30.3 Å². The Balaban J connectivity index is 1.47. The fraction of sp³-hybridized carbons (Fsp3) is 0.406. The zero-order chi connectivity index (χ0) is 27.3. The van der Waals surface area contributed by atoms with Crippen molar-refractivity contribution >= 4 is 5.91 Å². The molecular formula is C32H37F3N2O. The summed E-state index contributed by atoms with van der Waals surface area (Å²) in [6.45, 7) is 5.15. The van der Waals surface area contributed by atoms with Gasteiger partial charge in [-0.1, -0.05) is 97.8 Å². The number of amides is 1. The topological polar surface area (TPSA) is 32.3 Å². The van der Waals surface area contributed by atoms with Crippen LogP contribution < -0.4 is 5.32 Å².